The van der Waals surface area contributed by atoms with Crippen LogP contribution in [0, 0.1) is 5.92 Å². The molecule has 0 saturated carbocycles. The number of carbonyl (C=O) groups is 1. The summed E-state index contributed by atoms with van der Waals surface area (Å²) < 4.78 is 5.26. The molecule has 120 valence electrons. The zero-order valence-corrected chi connectivity index (χ0v) is 13.4. The topological polar surface area (TPSA) is 87.4 Å². The van der Waals surface area contributed by atoms with Gasteiger partial charge in [-0.1, -0.05) is 32.9 Å². The Labute approximate surface area is 126 Å². The van der Waals surface area contributed by atoms with E-state index in [2.05, 4.69) is 29.6 Å². The number of hydrogen-bond acceptors (Lipinski definition) is 4. The summed E-state index contributed by atoms with van der Waals surface area (Å²) in [5.74, 6) is 1.23. The van der Waals surface area contributed by atoms with Gasteiger partial charge in [0, 0.05) is 18.5 Å². The van der Waals surface area contributed by atoms with E-state index in [4.69, 9.17) is 4.52 Å². The predicted molar refractivity (Wildman–Crippen MR) is 81.0 cm³/mol. The van der Waals surface area contributed by atoms with Gasteiger partial charge in [-0.25, -0.2) is 4.79 Å². The number of aryl methyl sites for hydroxylation is 2. The maximum atomic E-state index is 11.9. The van der Waals surface area contributed by atoms with Crippen molar-refractivity contribution in [3.8, 4) is 0 Å². The van der Waals surface area contributed by atoms with E-state index in [1.807, 2.05) is 13.8 Å². The molecule has 0 saturated heterocycles. The maximum Gasteiger partial charge on any atom is 0.315 e. The Hall–Kier alpha value is -1.56. The van der Waals surface area contributed by atoms with E-state index in [0.717, 1.165) is 36.3 Å². The van der Waals surface area contributed by atoms with Gasteiger partial charge in [0.1, 0.15) is 5.76 Å². The number of aromatic nitrogens is 1. The molecule has 2 amide bonds. The Bertz CT molecular complexity index is 422. The van der Waals surface area contributed by atoms with E-state index in [-0.39, 0.29) is 18.7 Å². The van der Waals surface area contributed by atoms with Crippen molar-refractivity contribution in [1.82, 2.24) is 15.8 Å². The average Bonchev–Trinajstić information content (AvgIpc) is 2.85. The summed E-state index contributed by atoms with van der Waals surface area (Å²) >= 11 is 0. The Morgan fingerprint density at radius 1 is 1.33 bits per heavy atom. The molecule has 0 bridgehead atoms. The van der Waals surface area contributed by atoms with Gasteiger partial charge in [-0.3, -0.25) is 0 Å². The van der Waals surface area contributed by atoms with Gasteiger partial charge < -0.3 is 20.3 Å². The summed E-state index contributed by atoms with van der Waals surface area (Å²) in [6.07, 6.45) is 2.27. The van der Waals surface area contributed by atoms with Crippen LogP contribution in [0.5, 0.6) is 0 Å². The second-order valence-electron chi connectivity index (χ2n) is 5.57. The van der Waals surface area contributed by atoms with Gasteiger partial charge in [0.05, 0.1) is 18.3 Å². The number of rotatable bonds is 8. The Morgan fingerprint density at radius 2 is 2.05 bits per heavy atom. The van der Waals surface area contributed by atoms with Crippen LogP contribution in [0.3, 0.4) is 0 Å². The van der Waals surface area contributed by atoms with Gasteiger partial charge in [-0.15, -0.1) is 0 Å². The van der Waals surface area contributed by atoms with Crippen LogP contribution in [-0.2, 0) is 19.4 Å². The van der Waals surface area contributed by atoms with Gasteiger partial charge in [-0.2, -0.15) is 0 Å². The van der Waals surface area contributed by atoms with Crippen LogP contribution < -0.4 is 10.6 Å². The van der Waals surface area contributed by atoms with Gasteiger partial charge in [-0.05, 0) is 18.8 Å². The molecule has 0 spiro atoms. The van der Waals surface area contributed by atoms with E-state index >= 15 is 0 Å². The molecule has 1 heterocycles. The molecule has 1 aromatic heterocycles. The zero-order valence-electron chi connectivity index (χ0n) is 13.4. The SMILES string of the molecule is CCc1noc(CC)c1CNC(=O)NC(CO)CC(C)C. The van der Waals surface area contributed by atoms with Crippen molar-refractivity contribution in [2.24, 2.45) is 5.92 Å². The molecule has 1 atom stereocenters. The van der Waals surface area contributed by atoms with Crippen LogP contribution in [0.25, 0.3) is 0 Å². The zero-order chi connectivity index (χ0) is 15.8. The lowest BCUT2D eigenvalue weighted by Crippen LogP contribution is -2.44. The molecule has 0 aliphatic heterocycles. The third kappa shape index (κ3) is 5.38. The Kier molecular flexibility index (Phi) is 7.22. The molecule has 21 heavy (non-hydrogen) atoms. The van der Waals surface area contributed by atoms with Crippen molar-refractivity contribution in [2.75, 3.05) is 6.61 Å². The highest BCUT2D eigenvalue weighted by atomic mass is 16.5. The summed E-state index contributed by atoms with van der Waals surface area (Å²) in [6, 6.07) is -0.497. The number of hydrogen-bond donors (Lipinski definition) is 3. The number of aliphatic hydroxyl groups excluding tert-OH is 1. The number of nitrogens with zero attached hydrogens (tertiary/aromatic N) is 1. The monoisotopic (exact) mass is 297 g/mol. The molecule has 1 aromatic rings. The minimum absolute atomic E-state index is 0.0563. The molecule has 1 rings (SSSR count). The molecular weight excluding hydrogens is 270 g/mol. The molecule has 3 N–H and O–H groups in total. The number of carbonyl (C=O) groups excluding carboxylic acids is 1. The van der Waals surface area contributed by atoms with Gasteiger partial charge >= 0.3 is 6.03 Å². The van der Waals surface area contributed by atoms with E-state index < -0.39 is 0 Å². The standard InChI is InChI=1S/C15H27N3O3/c1-5-13-12(14(6-2)21-18-13)8-16-15(20)17-11(9-19)7-10(3)4/h10-11,19H,5-9H2,1-4H3,(H2,16,17,20). The molecule has 0 aromatic carbocycles. The van der Waals surface area contributed by atoms with Gasteiger partial charge in [0.2, 0.25) is 0 Å². The minimum atomic E-state index is -0.278. The lowest BCUT2D eigenvalue weighted by Gasteiger charge is -2.18. The van der Waals surface area contributed by atoms with Crippen molar-refractivity contribution in [3.05, 3.63) is 17.0 Å². The van der Waals surface area contributed by atoms with Crippen molar-refractivity contribution < 1.29 is 14.4 Å². The lowest BCUT2D eigenvalue weighted by molar-refractivity contribution is 0.206. The van der Waals surface area contributed by atoms with Crippen LogP contribution in [0.4, 0.5) is 4.79 Å². The molecule has 0 aliphatic rings. The first-order valence-corrected chi connectivity index (χ1v) is 7.63. The van der Waals surface area contributed by atoms with E-state index in [0.29, 0.717) is 12.5 Å². The highest BCUT2D eigenvalue weighted by Gasteiger charge is 2.16. The summed E-state index contributed by atoms with van der Waals surface area (Å²) in [5.41, 5.74) is 1.84. The smallest absolute Gasteiger partial charge is 0.315 e. The molecule has 6 heteroatoms. The van der Waals surface area contributed by atoms with Crippen molar-refractivity contribution in [2.45, 2.75) is 59.5 Å². The van der Waals surface area contributed by atoms with Crippen LogP contribution in [-0.4, -0.2) is 28.9 Å². The number of amides is 2. The van der Waals surface area contributed by atoms with Crippen LogP contribution >= 0.6 is 0 Å². The number of nitrogens with one attached hydrogen (secondary N) is 2. The summed E-state index contributed by atoms with van der Waals surface area (Å²) in [6.45, 7) is 8.45. The third-order valence-corrected chi connectivity index (χ3v) is 3.34. The summed E-state index contributed by atoms with van der Waals surface area (Å²) in [4.78, 5) is 11.9. The van der Waals surface area contributed by atoms with E-state index in [9.17, 15) is 9.90 Å². The lowest BCUT2D eigenvalue weighted by atomic mass is 10.0. The average molecular weight is 297 g/mol. The van der Waals surface area contributed by atoms with E-state index in [1.54, 1.807) is 0 Å². The molecule has 6 nitrogen and oxygen atoms in total. The van der Waals surface area contributed by atoms with Crippen LogP contribution in [0.15, 0.2) is 4.52 Å². The minimum Gasteiger partial charge on any atom is -0.394 e. The molecule has 0 fully saturated rings. The Balaban J connectivity index is 2.54. The molecule has 1 unspecified atom stereocenters. The fourth-order valence-corrected chi connectivity index (χ4v) is 2.29. The highest BCUT2D eigenvalue weighted by Crippen LogP contribution is 2.15. The predicted octanol–water partition coefficient (Wildman–Crippen LogP) is 2.01. The molecular formula is C15H27N3O3. The normalized spacial score (nSPS) is 12.5. The second kappa shape index (κ2) is 8.67. The summed E-state index contributed by atoms with van der Waals surface area (Å²) in [5, 5.41) is 18.9. The fraction of sp³-hybridized carbons (Fsp3) is 0.733. The highest BCUT2D eigenvalue weighted by molar-refractivity contribution is 5.74. The third-order valence-electron chi connectivity index (χ3n) is 3.34. The first-order chi connectivity index (χ1) is 10.0. The maximum absolute atomic E-state index is 11.9. The quantitative estimate of drug-likeness (QED) is 0.685. The second-order valence-corrected chi connectivity index (χ2v) is 5.57. The largest absolute Gasteiger partial charge is 0.394 e. The van der Waals surface area contributed by atoms with Crippen molar-refractivity contribution >= 4 is 6.03 Å². The van der Waals surface area contributed by atoms with Gasteiger partial charge in [0.25, 0.3) is 0 Å². The van der Waals surface area contributed by atoms with Gasteiger partial charge in [0.15, 0.2) is 0 Å². The molecule has 0 aliphatic carbocycles. The molecule has 0 radical (unpaired) electrons. The van der Waals surface area contributed by atoms with Crippen molar-refractivity contribution in [1.29, 1.82) is 0 Å². The van der Waals surface area contributed by atoms with Crippen molar-refractivity contribution in [3.63, 3.8) is 0 Å². The summed E-state index contributed by atoms with van der Waals surface area (Å²) in [7, 11) is 0. The van der Waals surface area contributed by atoms with E-state index in [1.165, 1.54) is 0 Å². The first kappa shape index (κ1) is 17.5. The number of urea groups is 1. The fourth-order valence-electron chi connectivity index (χ4n) is 2.29. The van der Waals surface area contributed by atoms with Crippen LogP contribution in [0.1, 0.15) is 51.1 Å². The van der Waals surface area contributed by atoms with Crippen LogP contribution in [0.2, 0.25) is 0 Å². The number of aliphatic hydroxyl groups is 1. The Morgan fingerprint density at radius 3 is 2.57 bits per heavy atom. The first-order valence-electron chi connectivity index (χ1n) is 7.63.